The molecule has 1 rings (SSSR count). The number of methoxy groups -OCH3 is 1. The molecule has 0 fully saturated rings. The summed E-state index contributed by atoms with van der Waals surface area (Å²) in [4.78, 5) is 3.98. The van der Waals surface area contributed by atoms with Crippen LogP contribution in [0.5, 0.6) is 0 Å². The van der Waals surface area contributed by atoms with Crippen molar-refractivity contribution in [2.45, 2.75) is 0 Å². The fourth-order valence-corrected chi connectivity index (χ4v) is 0.958. The van der Waals surface area contributed by atoms with E-state index >= 15 is 0 Å². The van der Waals surface area contributed by atoms with Gasteiger partial charge in [-0.25, -0.2) is 0 Å². The smallest absolute Gasteiger partial charge is 0.173 e. The summed E-state index contributed by atoms with van der Waals surface area (Å²) in [5.74, 6) is 0.204. The second kappa shape index (κ2) is 4.64. The van der Waals surface area contributed by atoms with E-state index in [1.807, 2.05) is 0 Å². The fourth-order valence-electron chi connectivity index (χ4n) is 0.958. The van der Waals surface area contributed by atoms with Crippen LogP contribution in [0.1, 0.15) is 5.69 Å². The first-order chi connectivity index (χ1) is 6.83. The van der Waals surface area contributed by atoms with E-state index in [4.69, 9.17) is 15.3 Å². The number of rotatable bonds is 2. The van der Waals surface area contributed by atoms with Crippen molar-refractivity contribution in [2.75, 3.05) is 7.11 Å². The maximum Gasteiger partial charge on any atom is 0.173 e. The Kier molecular flexibility index (Phi) is 3.23. The molecule has 0 atom stereocenters. The highest BCUT2D eigenvalue weighted by Gasteiger charge is 2.09. The largest absolute Gasteiger partial charge is 0.492 e. The molecule has 0 saturated carbocycles. The SMILES string of the molecule is COC(=C(C#N)C#N)c1ccccn1. The van der Waals surface area contributed by atoms with Crippen LogP contribution < -0.4 is 0 Å². The van der Waals surface area contributed by atoms with Gasteiger partial charge in [0.1, 0.15) is 17.8 Å². The van der Waals surface area contributed by atoms with E-state index in [1.54, 1.807) is 36.5 Å². The van der Waals surface area contributed by atoms with Gasteiger partial charge >= 0.3 is 0 Å². The topological polar surface area (TPSA) is 69.7 Å². The third kappa shape index (κ3) is 1.88. The zero-order chi connectivity index (χ0) is 10.4. The minimum Gasteiger partial charge on any atom is -0.492 e. The molecule has 0 bridgehead atoms. The predicted octanol–water partition coefficient (Wildman–Crippen LogP) is 1.49. The number of hydrogen-bond donors (Lipinski definition) is 0. The molecule has 0 unspecified atom stereocenters. The van der Waals surface area contributed by atoms with Crippen LogP contribution >= 0.6 is 0 Å². The van der Waals surface area contributed by atoms with E-state index in [9.17, 15) is 0 Å². The van der Waals surface area contributed by atoms with Gasteiger partial charge in [0.05, 0.1) is 7.11 Å². The molecular formula is C10H7N3O. The van der Waals surface area contributed by atoms with Crippen molar-refractivity contribution in [3.05, 3.63) is 35.7 Å². The minimum absolute atomic E-state index is 0.0776. The van der Waals surface area contributed by atoms with Crippen LogP contribution in [-0.2, 0) is 4.74 Å². The number of pyridine rings is 1. The molecule has 0 aliphatic carbocycles. The molecule has 0 spiro atoms. The molecule has 68 valence electrons. The van der Waals surface area contributed by atoms with E-state index in [2.05, 4.69) is 4.98 Å². The second-order valence-corrected chi connectivity index (χ2v) is 2.35. The van der Waals surface area contributed by atoms with Gasteiger partial charge < -0.3 is 4.74 Å². The van der Waals surface area contributed by atoms with Gasteiger partial charge in [-0.2, -0.15) is 10.5 Å². The number of hydrogen-bond acceptors (Lipinski definition) is 4. The van der Waals surface area contributed by atoms with Gasteiger partial charge in [-0.1, -0.05) is 6.07 Å². The Morgan fingerprint density at radius 3 is 2.50 bits per heavy atom. The molecule has 1 aromatic rings. The van der Waals surface area contributed by atoms with Crippen molar-refractivity contribution in [1.29, 1.82) is 10.5 Å². The Balaban J connectivity index is 3.26. The fraction of sp³-hybridized carbons (Fsp3) is 0.100. The lowest BCUT2D eigenvalue weighted by atomic mass is 10.2. The molecule has 4 heteroatoms. The lowest BCUT2D eigenvalue weighted by molar-refractivity contribution is 0.367. The lowest BCUT2D eigenvalue weighted by Gasteiger charge is -2.03. The summed E-state index contributed by atoms with van der Waals surface area (Å²) < 4.78 is 4.95. The van der Waals surface area contributed by atoms with Gasteiger partial charge in [-0.3, -0.25) is 4.98 Å². The van der Waals surface area contributed by atoms with E-state index in [0.29, 0.717) is 5.69 Å². The first-order valence-corrected chi connectivity index (χ1v) is 3.83. The Bertz CT molecular complexity index is 407. The molecule has 0 saturated heterocycles. The highest BCUT2D eigenvalue weighted by molar-refractivity contribution is 5.68. The molecule has 0 N–H and O–H groups in total. The van der Waals surface area contributed by atoms with Gasteiger partial charge in [0, 0.05) is 6.20 Å². The summed E-state index contributed by atoms with van der Waals surface area (Å²) in [5, 5.41) is 17.3. The number of aromatic nitrogens is 1. The molecule has 1 heterocycles. The molecule has 0 radical (unpaired) electrons. The Morgan fingerprint density at radius 2 is 2.07 bits per heavy atom. The van der Waals surface area contributed by atoms with Crippen molar-refractivity contribution in [2.24, 2.45) is 0 Å². The zero-order valence-corrected chi connectivity index (χ0v) is 7.56. The van der Waals surface area contributed by atoms with Gasteiger partial charge in [0.25, 0.3) is 0 Å². The molecule has 0 aliphatic rings. The van der Waals surface area contributed by atoms with Gasteiger partial charge in [-0.15, -0.1) is 0 Å². The summed E-state index contributed by atoms with van der Waals surface area (Å²) in [6.07, 6.45) is 1.57. The predicted molar refractivity (Wildman–Crippen MR) is 49.4 cm³/mol. The van der Waals surface area contributed by atoms with Crippen molar-refractivity contribution in [3.8, 4) is 12.1 Å². The first kappa shape index (κ1) is 9.76. The van der Waals surface area contributed by atoms with Crippen LogP contribution in [-0.4, -0.2) is 12.1 Å². The maximum atomic E-state index is 8.65. The normalized spacial score (nSPS) is 8.21. The summed E-state index contributed by atoms with van der Waals surface area (Å²) in [6, 6.07) is 8.69. The van der Waals surface area contributed by atoms with E-state index in [-0.39, 0.29) is 11.3 Å². The Labute approximate surface area is 81.7 Å². The number of nitriles is 2. The molecule has 0 aromatic carbocycles. The number of nitrogens with zero attached hydrogens (tertiary/aromatic N) is 3. The van der Waals surface area contributed by atoms with Crippen molar-refractivity contribution >= 4 is 5.76 Å². The van der Waals surface area contributed by atoms with Crippen LogP contribution in [0.3, 0.4) is 0 Å². The second-order valence-electron chi connectivity index (χ2n) is 2.35. The Hall–Kier alpha value is -2.33. The first-order valence-electron chi connectivity index (χ1n) is 3.83. The minimum atomic E-state index is -0.0776. The summed E-state index contributed by atoms with van der Waals surface area (Å²) >= 11 is 0. The Morgan fingerprint density at radius 1 is 1.36 bits per heavy atom. The van der Waals surface area contributed by atoms with Crippen LogP contribution in [0.15, 0.2) is 30.0 Å². The molecule has 0 aliphatic heterocycles. The standard InChI is InChI=1S/C10H7N3O/c1-14-10(8(6-11)7-12)9-4-2-3-5-13-9/h2-5H,1H3. The highest BCUT2D eigenvalue weighted by Crippen LogP contribution is 2.15. The maximum absolute atomic E-state index is 8.65. The lowest BCUT2D eigenvalue weighted by Crippen LogP contribution is -1.94. The van der Waals surface area contributed by atoms with Crippen LogP contribution in [0.25, 0.3) is 5.76 Å². The van der Waals surface area contributed by atoms with Gasteiger partial charge in [0.2, 0.25) is 0 Å². The van der Waals surface area contributed by atoms with Gasteiger partial charge in [0.15, 0.2) is 11.3 Å². The number of allylic oxidation sites excluding steroid dienone is 1. The average Bonchev–Trinajstić information content (AvgIpc) is 2.27. The van der Waals surface area contributed by atoms with Crippen molar-refractivity contribution < 1.29 is 4.74 Å². The molecule has 14 heavy (non-hydrogen) atoms. The quantitative estimate of drug-likeness (QED) is 0.517. The summed E-state index contributed by atoms with van der Waals surface area (Å²) in [7, 11) is 1.40. The van der Waals surface area contributed by atoms with Crippen molar-refractivity contribution in [1.82, 2.24) is 4.98 Å². The molecular weight excluding hydrogens is 178 g/mol. The average molecular weight is 185 g/mol. The third-order valence-electron chi connectivity index (χ3n) is 1.55. The summed E-state index contributed by atoms with van der Waals surface area (Å²) in [6.45, 7) is 0. The van der Waals surface area contributed by atoms with E-state index in [1.165, 1.54) is 7.11 Å². The van der Waals surface area contributed by atoms with E-state index in [0.717, 1.165) is 0 Å². The molecule has 0 amide bonds. The zero-order valence-electron chi connectivity index (χ0n) is 7.56. The van der Waals surface area contributed by atoms with Crippen molar-refractivity contribution in [3.63, 3.8) is 0 Å². The highest BCUT2D eigenvalue weighted by atomic mass is 16.5. The molecule has 1 aromatic heterocycles. The van der Waals surface area contributed by atoms with Gasteiger partial charge in [-0.05, 0) is 12.1 Å². The van der Waals surface area contributed by atoms with E-state index < -0.39 is 0 Å². The van der Waals surface area contributed by atoms with Crippen LogP contribution in [0.2, 0.25) is 0 Å². The summed E-state index contributed by atoms with van der Waals surface area (Å²) in [5.41, 5.74) is 0.402. The third-order valence-corrected chi connectivity index (χ3v) is 1.55. The van der Waals surface area contributed by atoms with Crippen LogP contribution in [0.4, 0.5) is 0 Å². The van der Waals surface area contributed by atoms with Crippen LogP contribution in [0, 0.1) is 22.7 Å². The molecule has 4 nitrogen and oxygen atoms in total. The monoisotopic (exact) mass is 185 g/mol. The number of ether oxygens (including phenoxy) is 1.